The van der Waals surface area contributed by atoms with E-state index in [-0.39, 0.29) is 57.0 Å². The van der Waals surface area contributed by atoms with Crippen LogP contribution < -0.4 is 56.8 Å². The van der Waals surface area contributed by atoms with Crippen molar-refractivity contribution in [3.8, 4) is 0 Å². The number of hydrogen-bond donors (Lipinski definition) is 0. The van der Waals surface area contributed by atoms with Crippen molar-refractivity contribution in [3.63, 3.8) is 0 Å². The Balaban J connectivity index is 0.000000980. The first kappa shape index (κ1) is 12.3. The summed E-state index contributed by atoms with van der Waals surface area (Å²) < 4.78 is 41.6. The third-order valence-electron chi connectivity index (χ3n) is 1.86. The van der Waals surface area contributed by atoms with Crippen LogP contribution in [0.1, 0.15) is 0 Å². The summed E-state index contributed by atoms with van der Waals surface area (Å²) in [6.07, 6.45) is 1.37. The minimum absolute atomic E-state index is 0. The van der Waals surface area contributed by atoms with Gasteiger partial charge in [0, 0.05) is 5.39 Å². The van der Waals surface area contributed by atoms with E-state index in [0.29, 0.717) is 5.39 Å². The molecule has 1 aromatic carbocycles. The molecule has 0 bridgehead atoms. The van der Waals surface area contributed by atoms with Crippen LogP contribution in [0, 0.1) is 0 Å². The first-order valence-electron chi connectivity index (χ1n) is 3.74. The van der Waals surface area contributed by atoms with Gasteiger partial charge >= 0.3 is 58.4 Å². The van der Waals surface area contributed by atoms with E-state index >= 15 is 0 Å². The molecule has 14 heavy (non-hydrogen) atoms. The summed E-state index contributed by atoms with van der Waals surface area (Å²) in [4.78, 5) is 0. The van der Waals surface area contributed by atoms with Crippen molar-refractivity contribution in [2.45, 2.75) is 0 Å². The maximum Gasteiger partial charge on any atom is 1.00 e. The molecule has 0 fully saturated rings. The Morgan fingerprint density at radius 3 is 2.43 bits per heavy atom. The van der Waals surface area contributed by atoms with Crippen LogP contribution in [-0.2, 0) is 0 Å². The molecule has 1 aromatic heterocycles. The number of rotatable bonds is 1. The zero-order valence-electron chi connectivity index (χ0n) is 7.51. The van der Waals surface area contributed by atoms with Crippen LogP contribution in [0.2, 0.25) is 0 Å². The van der Waals surface area contributed by atoms with Crippen LogP contribution in [-0.4, -0.2) is 6.98 Å². The topological polar surface area (TPSA) is 13.1 Å². The number of halogens is 3. The predicted molar refractivity (Wildman–Crippen MR) is 44.9 cm³/mol. The largest absolute Gasteiger partial charge is 1.00 e. The molecule has 68 valence electrons. The summed E-state index contributed by atoms with van der Waals surface area (Å²) in [5, 5.41) is 0.684. The molecule has 1 heterocycles. The molecule has 1 nitrogen and oxygen atoms in total. The van der Waals surface area contributed by atoms with Gasteiger partial charge in [-0.1, -0.05) is 12.1 Å². The molecular weight excluding hydrogens is 219 g/mol. The zero-order chi connectivity index (χ0) is 9.47. The quantitative estimate of drug-likeness (QED) is 0.595. The fraction of sp³-hybridized carbons (Fsp3) is 0. The third-order valence-corrected chi connectivity index (χ3v) is 1.86. The monoisotopic (exact) mass is 224 g/mol. The second kappa shape index (κ2) is 4.40. The van der Waals surface area contributed by atoms with Crippen molar-refractivity contribution in [2.24, 2.45) is 0 Å². The molecular formula is C8H5BF3KO. The Hall–Kier alpha value is 0.251. The Kier molecular flexibility index (Phi) is 3.88. The first-order valence-corrected chi connectivity index (χ1v) is 3.74. The number of hydrogen-bond acceptors (Lipinski definition) is 1. The van der Waals surface area contributed by atoms with Gasteiger partial charge in [0.1, 0.15) is 5.58 Å². The van der Waals surface area contributed by atoms with E-state index in [9.17, 15) is 12.9 Å². The van der Waals surface area contributed by atoms with Crippen LogP contribution in [0.15, 0.2) is 34.9 Å². The Morgan fingerprint density at radius 1 is 1.07 bits per heavy atom. The van der Waals surface area contributed by atoms with Crippen molar-refractivity contribution in [2.75, 3.05) is 0 Å². The van der Waals surface area contributed by atoms with E-state index in [1.807, 2.05) is 0 Å². The predicted octanol–water partition coefficient (Wildman–Crippen LogP) is -0.509. The molecule has 2 aromatic rings. The van der Waals surface area contributed by atoms with Gasteiger partial charge < -0.3 is 17.4 Å². The maximum atomic E-state index is 12.2. The van der Waals surface area contributed by atoms with E-state index < -0.39 is 12.4 Å². The third kappa shape index (κ3) is 2.43. The maximum absolute atomic E-state index is 12.2. The van der Waals surface area contributed by atoms with Crippen molar-refractivity contribution in [3.05, 3.63) is 30.5 Å². The van der Waals surface area contributed by atoms with E-state index in [1.165, 1.54) is 12.3 Å². The van der Waals surface area contributed by atoms with Crippen LogP contribution in [0.3, 0.4) is 0 Å². The minimum atomic E-state index is -4.93. The van der Waals surface area contributed by atoms with E-state index in [1.54, 1.807) is 6.07 Å². The minimum Gasteiger partial charge on any atom is -0.464 e. The number of fused-ring (bicyclic) bond motifs is 1. The Labute approximate surface area is 121 Å². The van der Waals surface area contributed by atoms with Gasteiger partial charge in [0.2, 0.25) is 0 Å². The molecule has 0 atom stereocenters. The number of furan rings is 1. The Morgan fingerprint density at radius 2 is 1.79 bits per heavy atom. The van der Waals surface area contributed by atoms with Gasteiger partial charge in [0.05, 0.1) is 6.26 Å². The summed E-state index contributed by atoms with van der Waals surface area (Å²) in [7, 11) is 0. The van der Waals surface area contributed by atoms with Gasteiger partial charge in [0.25, 0.3) is 0 Å². The summed E-state index contributed by atoms with van der Waals surface area (Å²) in [5.41, 5.74) is -0.348. The smallest absolute Gasteiger partial charge is 0.464 e. The van der Waals surface area contributed by atoms with Crippen LogP contribution in [0.4, 0.5) is 12.9 Å². The molecule has 2 rings (SSSR count). The summed E-state index contributed by atoms with van der Waals surface area (Å²) in [6, 6.07) is 5.12. The summed E-state index contributed by atoms with van der Waals surface area (Å²) in [5.74, 6) is 0. The van der Waals surface area contributed by atoms with Crippen molar-refractivity contribution in [1.29, 1.82) is 0 Å². The van der Waals surface area contributed by atoms with E-state index in [2.05, 4.69) is 0 Å². The summed E-state index contributed by atoms with van der Waals surface area (Å²) >= 11 is 0. The summed E-state index contributed by atoms with van der Waals surface area (Å²) in [6.45, 7) is -4.93. The van der Waals surface area contributed by atoms with Crippen molar-refractivity contribution >= 4 is 23.4 Å². The van der Waals surface area contributed by atoms with Crippen molar-refractivity contribution in [1.82, 2.24) is 0 Å². The standard InChI is InChI=1S/C8H5BF3O.K/c10-9(11,12)7-2-1-6-3-4-13-8(6)5-7;/h1-5H;/q-1;+1. The van der Waals surface area contributed by atoms with E-state index in [4.69, 9.17) is 4.42 Å². The number of benzene rings is 1. The van der Waals surface area contributed by atoms with Crippen LogP contribution in [0.5, 0.6) is 0 Å². The molecule has 6 heteroatoms. The Bertz CT molecular complexity index is 437. The van der Waals surface area contributed by atoms with E-state index in [0.717, 1.165) is 12.1 Å². The SMILES string of the molecule is F[B-](F)(F)c1ccc2ccoc2c1.[K+]. The molecule has 0 radical (unpaired) electrons. The zero-order valence-corrected chi connectivity index (χ0v) is 10.6. The molecule has 0 aliphatic carbocycles. The average molecular weight is 224 g/mol. The first-order chi connectivity index (χ1) is 6.07. The molecule has 0 aliphatic heterocycles. The van der Waals surface area contributed by atoms with Gasteiger partial charge in [-0.15, -0.1) is 5.46 Å². The molecule has 0 amide bonds. The van der Waals surface area contributed by atoms with Crippen LogP contribution in [0.25, 0.3) is 11.0 Å². The molecule has 0 N–H and O–H groups in total. The second-order valence-electron chi connectivity index (χ2n) is 2.79. The van der Waals surface area contributed by atoms with Crippen molar-refractivity contribution < 1.29 is 68.7 Å². The van der Waals surface area contributed by atoms with Gasteiger partial charge in [-0.3, -0.25) is 0 Å². The molecule has 0 spiro atoms. The molecule has 0 saturated carbocycles. The second-order valence-corrected chi connectivity index (χ2v) is 2.79. The average Bonchev–Trinajstić information content (AvgIpc) is 2.47. The van der Waals surface area contributed by atoms with Gasteiger partial charge in [-0.2, -0.15) is 0 Å². The normalized spacial score (nSPS) is 11.4. The fourth-order valence-electron chi connectivity index (χ4n) is 1.17. The molecule has 0 unspecified atom stereocenters. The van der Waals surface area contributed by atoms with Gasteiger partial charge in [-0.25, -0.2) is 0 Å². The van der Waals surface area contributed by atoms with Gasteiger partial charge in [-0.05, 0) is 12.1 Å². The fourth-order valence-corrected chi connectivity index (χ4v) is 1.17. The molecule has 0 saturated heterocycles. The molecule has 0 aliphatic rings. The van der Waals surface area contributed by atoms with Crippen LogP contribution >= 0.6 is 0 Å². The van der Waals surface area contributed by atoms with Gasteiger partial charge in [0.15, 0.2) is 0 Å².